The van der Waals surface area contributed by atoms with Crippen LogP contribution < -0.4 is 19.9 Å². The van der Waals surface area contributed by atoms with E-state index >= 15 is 0 Å². The second-order valence-corrected chi connectivity index (χ2v) is 7.15. The fourth-order valence-corrected chi connectivity index (χ4v) is 3.07. The van der Waals surface area contributed by atoms with Crippen molar-refractivity contribution in [1.29, 1.82) is 0 Å². The highest BCUT2D eigenvalue weighted by Gasteiger charge is 2.41. The highest BCUT2D eigenvalue weighted by atomic mass is 16.6. The molecule has 0 saturated heterocycles. The number of ether oxygens (including phenoxy) is 3. The van der Waals surface area contributed by atoms with Crippen LogP contribution in [0.25, 0.3) is 6.08 Å². The number of carbonyl (C=O) groups is 1. The molecule has 1 aliphatic heterocycles. The molecule has 1 aliphatic rings. The number of aromatic nitrogens is 4. The van der Waals surface area contributed by atoms with Crippen molar-refractivity contribution >= 4 is 11.9 Å². The number of fused-ring (bicyclic) bond motifs is 1. The first kappa shape index (κ1) is 21.3. The van der Waals surface area contributed by atoms with Gasteiger partial charge in [-0.2, -0.15) is 5.21 Å². The Labute approximate surface area is 184 Å². The molecule has 0 aliphatic carbocycles. The molecule has 3 aromatic rings. The van der Waals surface area contributed by atoms with E-state index in [9.17, 15) is 4.79 Å². The van der Waals surface area contributed by atoms with Crippen molar-refractivity contribution in [3.8, 4) is 17.2 Å². The van der Waals surface area contributed by atoms with E-state index in [0.29, 0.717) is 17.9 Å². The Morgan fingerprint density at radius 1 is 1.25 bits per heavy atom. The number of carbonyl (C=O) groups excluding carboxylic acids is 1. The van der Waals surface area contributed by atoms with E-state index in [1.54, 1.807) is 30.4 Å². The lowest BCUT2D eigenvalue weighted by atomic mass is 10.1. The van der Waals surface area contributed by atoms with E-state index in [1.165, 1.54) is 6.08 Å². The van der Waals surface area contributed by atoms with Crippen molar-refractivity contribution in [3.63, 3.8) is 0 Å². The van der Waals surface area contributed by atoms with Gasteiger partial charge in [-0.05, 0) is 47.5 Å². The summed E-state index contributed by atoms with van der Waals surface area (Å²) in [7, 11) is 0. The molecule has 164 valence electrons. The molecule has 0 radical (unpaired) electrons. The maximum Gasteiger partial charge on any atom is 0.257 e. The van der Waals surface area contributed by atoms with Crippen molar-refractivity contribution in [3.05, 3.63) is 77.6 Å². The standard InChI is InChI=1S/C23H23N5O4/c1-2-14-30-17-12-10-16(11-13-17)6-3-4-8-19(29)18-7-5-9-20-21(18)32-23(24,15-31-20)22-25-27-28-26-22/h3-13H,2,14-15,24H2,1H3,(H,25,26,27,28)/b6-3+,8-4+. The van der Waals surface area contributed by atoms with Gasteiger partial charge in [-0.15, -0.1) is 10.2 Å². The summed E-state index contributed by atoms with van der Waals surface area (Å²) >= 11 is 0. The van der Waals surface area contributed by atoms with Crippen molar-refractivity contribution < 1.29 is 19.0 Å². The zero-order valence-electron chi connectivity index (χ0n) is 17.5. The van der Waals surface area contributed by atoms with Gasteiger partial charge in [-0.25, -0.2) is 0 Å². The molecule has 2 heterocycles. The van der Waals surface area contributed by atoms with Crippen LogP contribution in [0.1, 0.15) is 35.1 Å². The van der Waals surface area contributed by atoms with Gasteiger partial charge in [-0.3, -0.25) is 10.5 Å². The third-order valence-corrected chi connectivity index (χ3v) is 4.69. The molecule has 0 amide bonds. The van der Waals surface area contributed by atoms with Crippen LogP contribution in [0.15, 0.2) is 60.7 Å². The molecule has 0 bridgehead atoms. The summed E-state index contributed by atoms with van der Waals surface area (Å²) in [4.78, 5) is 12.8. The number of benzene rings is 2. The molecule has 2 aromatic carbocycles. The second-order valence-electron chi connectivity index (χ2n) is 7.15. The van der Waals surface area contributed by atoms with E-state index in [4.69, 9.17) is 19.9 Å². The summed E-state index contributed by atoms with van der Waals surface area (Å²) < 4.78 is 17.2. The van der Waals surface area contributed by atoms with E-state index in [0.717, 1.165) is 17.7 Å². The zero-order valence-corrected chi connectivity index (χ0v) is 17.5. The van der Waals surface area contributed by atoms with Gasteiger partial charge in [0, 0.05) is 0 Å². The Hall–Kier alpha value is -3.98. The lowest BCUT2D eigenvalue weighted by molar-refractivity contribution is -0.0154. The van der Waals surface area contributed by atoms with E-state index in [1.807, 2.05) is 30.3 Å². The maximum atomic E-state index is 12.8. The average Bonchev–Trinajstić information content (AvgIpc) is 3.37. The fourth-order valence-electron chi connectivity index (χ4n) is 3.07. The molecular formula is C23H23N5O4. The molecule has 0 fully saturated rings. The number of aromatic amines is 1. The minimum atomic E-state index is -1.45. The van der Waals surface area contributed by atoms with Crippen molar-refractivity contribution in [2.24, 2.45) is 5.73 Å². The number of nitrogens with two attached hydrogens (primary N) is 1. The molecule has 0 spiro atoms. The highest BCUT2D eigenvalue weighted by Crippen LogP contribution is 2.39. The maximum absolute atomic E-state index is 12.8. The molecular weight excluding hydrogens is 410 g/mol. The molecule has 9 nitrogen and oxygen atoms in total. The van der Waals surface area contributed by atoms with Gasteiger partial charge in [0.15, 0.2) is 17.3 Å². The van der Waals surface area contributed by atoms with Crippen molar-refractivity contribution in [2.75, 3.05) is 13.2 Å². The SMILES string of the molecule is CCCOc1ccc(/C=C/C=C/C(=O)c2cccc3c2OC(N)(c2nn[nH]n2)CO3)cc1. The van der Waals surface area contributed by atoms with Crippen molar-refractivity contribution in [2.45, 2.75) is 19.1 Å². The van der Waals surface area contributed by atoms with Gasteiger partial charge in [0.05, 0.1) is 12.2 Å². The first-order valence-electron chi connectivity index (χ1n) is 10.2. The third-order valence-electron chi connectivity index (χ3n) is 4.69. The minimum Gasteiger partial charge on any atom is -0.494 e. The van der Waals surface area contributed by atoms with Crippen LogP contribution in [0, 0.1) is 0 Å². The highest BCUT2D eigenvalue weighted by molar-refractivity contribution is 6.07. The number of hydrogen-bond acceptors (Lipinski definition) is 8. The molecule has 9 heteroatoms. The molecule has 0 saturated carbocycles. The summed E-state index contributed by atoms with van der Waals surface area (Å²) in [5.41, 5.74) is 6.11. The number of H-pyrrole nitrogens is 1. The molecule has 1 unspecified atom stereocenters. The molecule has 3 N–H and O–H groups in total. The summed E-state index contributed by atoms with van der Waals surface area (Å²) in [6.07, 6.45) is 7.77. The van der Waals surface area contributed by atoms with E-state index in [-0.39, 0.29) is 24.0 Å². The van der Waals surface area contributed by atoms with Crippen LogP contribution in [0.3, 0.4) is 0 Å². The monoisotopic (exact) mass is 433 g/mol. The predicted molar refractivity (Wildman–Crippen MR) is 117 cm³/mol. The Morgan fingerprint density at radius 3 is 2.84 bits per heavy atom. The van der Waals surface area contributed by atoms with Gasteiger partial charge in [0.1, 0.15) is 12.4 Å². The van der Waals surface area contributed by atoms with Crippen LogP contribution in [0.5, 0.6) is 17.2 Å². The Balaban J connectivity index is 1.45. The number of tetrazole rings is 1. The number of nitrogens with one attached hydrogen (secondary N) is 1. The number of rotatable bonds is 8. The zero-order chi connectivity index (χ0) is 22.4. The molecule has 1 atom stereocenters. The quantitative estimate of drug-likeness (QED) is 0.315. The smallest absolute Gasteiger partial charge is 0.257 e. The first-order valence-corrected chi connectivity index (χ1v) is 10.2. The number of nitrogens with zero attached hydrogens (tertiary/aromatic N) is 3. The first-order chi connectivity index (χ1) is 15.6. The average molecular weight is 433 g/mol. The van der Waals surface area contributed by atoms with Gasteiger partial charge >= 0.3 is 0 Å². The van der Waals surface area contributed by atoms with Gasteiger partial charge < -0.3 is 14.2 Å². The van der Waals surface area contributed by atoms with Crippen LogP contribution in [-0.4, -0.2) is 39.6 Å². The summed E-state index contributed by atoms with van der Waals surface area (Å²) in [6.45, 7) is 2.74. The lowest BCUT2D eigenvalue weighted by Gasteiger charge is -2.33. The Morgan fingerprint density at radius 2 is 2.09 bits per heavy atom. The van der Waals surface area contributed by atoms with Crippen LogP contribution >= 0.6 is 0 Å². The lowest BCUT2D eigenvalue weighted by Crippen LogP contribution is -2.51. The molecule has 1 aromatic heterocycles. The number of ketones is 1. The Kier molecular flexibility index (Phi) is 6.27. The second kappa shape index (κ2) is 9.44. The minimum absolute atomic E-state index is 0.0158. The number of hydrogen-bond donors (Lipinski definition) is 2. The molecule has 32 heavy (non-hydrogen) atoms. The summed E-state index contributed by atoms with van der Waals surface area (Å²) in [6, 6.07) is 12.8. The van der Waals surface area contributed by atoms with Gasteiger partial charge in [0.25, 0.3) is 5.72 Å². The van der Waals surface area contributed by atoms with Crippen LogP contribution in [-0.2, 0) is 5.72 Å². The van der Waals surface area contributed by atoms with Crippen LogP contribution in [0.2, 0.25) is 0 Å². The number of allylic oxidation sites excluding steroid dienone is 3. The summed E-state index contributed by atoms with van der Waals surface area (Å²) in [5.74, 6) is 1.38. The predicted octanol–water partition coefficient (Wildman–Crippen LogP) is 3.02. The normalized spacial score (nSPS) is 17.7. The number of para-hydroxylation sites is 1. The third kappa shape index (κ3) is 4.68. The fraction of sp³-hybridized carbons (Fsp3) is 0.217. The largest absolute Gasteiger partial charge is 0.494 e. The van der Waals surface area contributed by atoms with Crippen LogP contribution in [0.4, 0.5) is 0 Å². The molecule has 4 rings (SSSR count). The summed E-state index contributed by atoms with van der Waals surface area (Å²) in [5, 5.41) is 13.6. The van der Waals surface area contributed by atoms with E-state index in [2.05, 4.69) is 27.5 Å². The van der Waals surface area contributed by atoms with Gasteiger partial charge in [-0.1, -0.05) is 43.4 Å². The van der Waals surface area contributed by atoms with E-state index < -0.39 is 5.72 Å². The topological polar surface area (TPSA) is 125 Å². The van der Waals surface area contributed by atoms with Gasteiger partial charge in [0.2, 0.25) is 5.82 Å². The van der Waals surface area contributed by atoms with Crippen molar-refractivity contribution in [1.82, 2.24) is 20.6 Å². The Bertz CT molecular complexity index is 1130.